The lowest BCUT2D eigenvalue weighted by Gasteiger charge is -2.39. The molecule has 1 N–H and O–H groups in total. The fourth-order valence-electron chi connectivity index (χ4n) is 1.39. The minimum atomic E-state index is -3.52. The molecule has 0 spiro atoms. The second kappa shape index (κ2) is 6.67. The van der Waals surface area contributed by atoms with Gasteiger partial charge in [0, 0.05) is 12.1 Å². The monoisotopic (exact) mass is 295 g/mol. The molecule has 0 aliphatic rings. The molecule has 0 saturated heterocycles. The van der Waals surface area contributed by atoms with Crippen molar-refractivity contribution in [2.24, 2.45) is 5.41 Å². The van der Waals surface area contributed by atoms with Gasteiger partial charge in [0.1, 0.15) is 0 Å². The number of ether oxygens (including phenoxy) is 2. The van der Waals surface area contributed by atoms with E-state index < -0.39 is 26.9 Å². The largest absolute Gasteiger partial charge is 0.469 e. The Hall–Kier alpha value is -0.660. The molecule has 0 aliphatic carbocycles. The minimum absolute atomic E-state index is 0.126. The summed E-state index contributed by atoms with van der Waals surface area (Å²) in [6.07, 6.45) is 0. The van der Waals surface area contributed by atoms with Crippen molar-refractivity contribution in [1.82, 2.24) is 4.72 Å². The fourth-order valence-corrected chi connectivity index (χ4v) is 2.86. The maximum absolute atomic E-state index is 11.9. The van der Waals surface area contributed by atoms with E-state index in [2.05, 4.69) is 4.72 Å². The highest BCUT2D eigenvalue weighted by Crippen LogP contribution is 2.32. The molecule has 0 aliphatic heterocycles. The number of carbonyl (C=O) groups excluding carboxylic acids is 1. The van der Waals surface area contributed by atoms with E-state index in [4.69, 9.17) is 9.47 Å². The highest BCUT2D eigenvalue weighted by atomic mass is 32.2. The number of methoxy groups -OCH3 is 1. The Bertz CT molecular complexity index is 400. The number of sulfonamides is 1. The average Bonchev–Trinajstić information content (AvgIpc) is 2.26. The van der Waals surface area contributed by atoms with Gasteiger partial charge in [-0.05, 0) is 34.6 Å². The van der Waals surface area contributed by atoms with E-state index in [1.54, 1.807) is 34.6 Å². The number of hydrogen-bond acceptors (Lipinski definition) is 5. The van der Waals surface area contributed by atoms with E-state index in [1.165, 1.54) is 7.11 Å². The summed E-state index contributed by atoms with van der Waals surface area (Å²) < 4.78 is 36.2. The lowest BCUT2D eigenvalue weighted by Crippen LogP contribution is -2.57. The Labute approximate surface area is 115 Å². The first-order valence-corrected chi connectivity index (χ1v) is 7.83. The topological polar surface area (TPSA) is 81.7 Å². The average molecular weight is 295 g/mol. The van der Waals surface area contributed by atoms with E-state index in [9.17, 15) is 13.2 Å². The summed E-state index contributed by atoms with van der Waals surface area (Å²) in [6.45, 7) is 8.98. The van der Waals surface area contributed by atoms with Gasteiger partial charge in [0.15, 0.2) is 0 Å². The smallest absolute Gasteiger partial charge is 0.313 e. The third-order valence-corrected chi connectivity index (χ3v) is 4.89. The van der Waals surface area contributed by atoms with Gasteiger partial charge < -0.3 is 9.47 Å². The maximum atomic E-state index is 11.9. The van der Waals surface area contributed by atoms with Gasteiger partial charge in [-0.15, -0.1) is 0 Å². The molecule has 0 amide bonds. The van der Waals surface area contributed by atoms with Crippen LogP contribution in [0.5, 0.6) is 0 Å². The zero-order valence-corrected chi connectivity index (χ0v) is 13.4. The first kappa shape index (κ1) is 18.3. The van der Waals surface area contributed by atoms with Crippen molar-refractivity contribution in [2.45, 2.75) is 40.2 Å². The third kappa shape index (κ3) is 5.08. The lowest BCUT2D eigenvalue weighted by atomic mass is 9.75. The van der Waals surface area contributed by atoms with Crippen LogP contribution in [0.15, 0.2) is 0 Å². The molecule has 114 valence electrons. The molecule has 0 atom stereocenters. The van der Waals surface area contributed by atoms with Crippen molar-refractivity contribution in [3.05, 3.63) is 0 Å². The van der Waals surface area contributed by atoms with Crippen LogP contribution in [0.1, 0.15) is 34.6 Å². The molecule has 0 fully saturated rings. The van der Waals surface area contributed by atoms with Gasteiger partial charge in [0.25, 0.3) is 0 Å². The predicted octanol–water partition coefficient (Wildman–Crippen LogP) is 0.920. The molecule has 19 heavy (non-hydrogen) atoms. The predicted molar refractivity (Wildman–Crippen MR) is 73.3 cm³/mol. The highest BCUT2D eigenvalue weighted by molar-refractivity contribution is 7.89. The van der Waals surface area contributed by atoms with Gasteiger partial charge in [-0.1, -0.05) is 0 Å². The van der Waals surface area contributed by atoms with Crippen molar-refractivity contribution in [3.8, 4) is 0 Å². The molecule has 7 heteroatoms. The van der Waals surface area contributed by atoms with Gasteiger partial charge in [0.05, 0.1) is 24.9 Å². The normalized spacial score (nSPS) is 13.4. The molecule has 0 bridgehead atoms. The van der Waals surface area contributed by atoms with Crippen LogP contribution in [0.4, 0.5) is 0 Å². The number of esters is 1. The molecule has 0 aromatic heterocycles. The summed E-state index contributed by atoms with van der Waals surface area (Å²) in [6, 6.07) is 0. The summed E-state index contributed by atoms with van der Waals surface area (Å²) in [5.41, 5.74) is -1.95. The number of hydrogen-bond donors (Lipinski definition) is 1. The number of rotatable bonds is 8. The van der Waals surface area contributed by atoms with Crippen LogP contribution in [-0.2, 0) is 24.3 Å². The van der Waals surface area contributed by atoms with E-state index in [1.807, 2.05) is 0 Å². The second-order valence-corrected chi connectivity index (χ2v) is 7.20. The van der Waals surface area contributed by atoms with E-state index in [0.29, 0.717) is 6.61 Å². The zero-order chi connectivity index (χ0) is 15.3. The minimum Gasteiger partial charge on any atom is -0.469 e. The van der Waals surface area contributed by atoms with Crippen molar-refractivity contribution in [3.63, 3.8) is 0 Å². The highest BCUT2D eigenvalue weighted by Gasteiger charge is 2.46. The molecule has 6 nitrogen and oxygen atoms in total. The first-order chi connectivity index (χ1) is 8.50. The molecular weight excluding hydrogens is 270 g/mol. The van der Waals surface area contributed by atoms with Crippen molar-refractivity contribution in [1.29, 1.82) is 0 Å². The molecular formula is C12H25NO5S. The third-order valence-electron chi connectivity index (χ3n) is 3.37. The Morgan fingerprint density at radius 3 is 2.16 bits per heavy atom. The molecule has 0 saturated carbocycles. The molecule has 0 heterocycles. The van der Waals surface area contributed by atoms with Gasteiger partial charge >= 0.3 is 5.97 Å². The van der Waals surface area contributed by atoms with Crippen molar-refractivity contribution < 1.29 is 22.7 Å². The van der Waals surface area contributed by atoms with Crippen LogP contribution in [0.25, 0.3) is 0 Å². The van der Waals surface area contributed by atoms with Crippen LogP contribution in [0.2, 0.25) is 0 Å². The van der Waals surface area contributed by atoms with E-state index in [0.717, 1.165) is 0 Å². The van der Waals surface area contributed by atoms with Crippen LogP contribution in [-0.4, -0.2) is 46.0 Å². The summed E-state index contributed by atoms with van der Waals surface area (Å²) in [5.74, 6) is -0.605. The molecule has 0 aromatic rings. The second-order valence-electron chi connectivity index (χ2n) is 5.36. The summed E-state index contributed by atoms with van der Waals surface area (Å²) >= 11 is 0. The Morgan fingerprint density at radius 2 is 1.74 bits per heavy atom. The fraction of sp³-hybridized carbons (Fsp3) is 0.917. The van der Waals surface area contributed by atoms with Crippen LogP contribution in [0.3, 0.4) is 0 Å². The molecule has 0 radical (unpaired) electrons. The summed E-state index contributed by atoms with van der Waals surface area (Å²) in [4.78, 5) is 11.7. The first-order valence-electron chi connectivity index (χ1n) is 6.18. The number of carbonyl (C=O) groups is 1. The molecule has 0 unspecified atom stereocenters. The van der Waals surface area contributed by atoms with Gasteiger partial charge in [-0.3, -0.25) is 4.79 Å². The SMILES string of the molecule is CCOCCS(=O)(=O)NC(C)(C)C(C)(C)C(=O)OC. The van der Waals surface area contributed by atoms with Gasteiger partial charge in [0.2, 0.25) is 10.0 Å². The quantitative estimate of drug-likeness (QED) is 0.532. The molecule has 0 rings (SSSR count). The molecule has 0 aromatic carbocycles. The van der Waals surface area contributed by atoms with Crippen LogP contribution in [0, 0.1) is 5.41 Å². The van der Waals surface area contributed by atoms with Crippen LogP contribution >= 0.6 is 0 Å². The maximum Gasteiger partial charge on any atom is 0.313 e. The lowest BCUT2D eigenvalue weighted by molar-refractivity contribution is -0.154. The number of nitrogens with one attached hydrogen (secondary N) is 1. The van der Waals surface area contributed by atoms with Crippen LogP contribution < -0.4 is 4.72 Å². The van der Waals surface area contributed by atoms with Gasteiger partial charge in [-0.25, -0.2) is 13.1 Å². The zero-order valence-electron chi connectivity index (χ0n) is 12.6. The Kier molecular flexibility index (Phi) is 6.44. The van der Waals surface area contributed by atoms with Crippen molar-refractivity contribution >= 4 is 16.0 Å². The van der Waals surface area contributed by atoms with Crippen molar-refractivity contribution in [2.75, 3.05) is 26.1 Å². The Balaban J connectivity index is 4.89. The van der Waals surface area contributed by atoms with E-state index in [-0.39, 0.29) is 12.4 Å². The standard InChI is InChI=1S/C12H25NO5S/c1-7-18-8-9-19(15,16)13-12(4,5)11(2,3)10(14)17-6/h13H,7-9H2,1-6H3. The van der Waals surface area contributed by atoms with E-state index >= 15 is 0 Å². The summed E-state index contributed by atoms with van der Waals surface area (Å²) in [7, 11) is -2.24. The summed E-state index contributed by atoms with van der Waals surface area (Å²) in [5, 5.41) is 0. The van der Waals surface area contributed by atoms with Gasteiger partial charge in [-0.2, -0.15) is 0 Å². The Morgan fingerprint density at radius 1 is 1.21 bits per heavy atom.